The second-order valence-electron chi connectivity index (χ2n) is 9.97. The zero-order valence-corrected chi connectivity index (χ0v) is 18.8. The van der Waals surface area contributed by atoms with Gasteiger partial charge < -0.3 is 20.1 Å². The van der Waals surface area contributed by atoms with Crippen LogP contribution in [0.3, 0.4) is 0 Å². The van der Waals surface area contributed by atoms with E-state index in [1.807, 2.05) is 18.2 Å². The summed E-state index contributed by atoms with van der Waals surface area (Å²) in [6, 6.07) is 7.95. The summed E-state index contributed by atoms with van der Waals surface area (Å²) in [6.07, 6.45) is 0.862. The van der Waals surface area contributed by atoms with Gasteiger partial charge in [0.2, 0.25) is 0 Å². The fourth-order valence-electron chi connectivity index (χ4n) is 5.07. The van der Waals surface area contributed by atoms with Crippen molar-refractivity contribution < 1.29 is 14.6 Å². The Morgan fingerprint density at radius 2 is 1.94 bits per heavy atom. The van der Waals surface area contributed by atoms with E-state index in [9.17, 15) is 14.7 Å². The average molecular weight is 434 g/mol. The van der Waals surface area contributed by atoms with Crippen LogP contribution in [0.5, 0.6) is 0 Å². The largest absolute Gasteiger partial charge is 0.458 e. The van der Waals surface area contributed by atoms with Crippen LogP contribution in [-0.2, 0) is 34.7 Å². The van der Waals surface area contributed by atoms with Crippen LogP contribution in [0, 0.1) is 5.41 Å². The predicted octanol–water partition coefficient (Wildman–Crippen LogP) is 3.25. The quantitative estimate of drug-likeness (QED) is 0.470. The lowest BCUT2D eigenvalue weighted by Gasteiger charge is -2.33. The van der Waals surface area contributed by atoms with E-state index in [0.717, 1.165) is 28.5 Å². The first-order chi connectivity index (χ1) is 15.1. The third-order valence-corrected chi connectivity index (χ3v) is 6.57. The Morgan fingerprint density at radius 3 is 2.62 bits per heavy atom. The topological polar surface area (TPSA) is 107 Å². The minimum absolute atomic E-state index is 0.0190. The predicted molar refractivity (Wildman–Crippen MR) is 122 cm³/mol. The fourth-order valence-corrected chi connectivity index (χ4v) is 5.07. The molecule has 2 aromatic heterocycles. The molecule has 0 radical (unpaired) electrons. The van der Waals surface area contributed by atoms with Crippen molar-refractivity contribution in [2.75, 3.05) is 5.73 Å². The molecule has 2 aliphatic rings. The van der Waals surface area contributed by atoms with Crippen molar-refractivity contribution >= 4 is 22.6 Å². The minimum Gasteiger partial charge on any atom is -0.458 e. The number of aliphatic hydroxyl groups is 1. The molecule has 5 rings (SSSR count). The lowest BCUT2D eigenvalue weighted by Crippen LogP contribution is -2.45. The second-order valence-corrected chi connectivity index (χ2v) is 9.97. The number of carbonyl (C=O) groups excluding carboxylic acids is 1. The maximum Gasteiger partial charge on any atom is 0.343 e. The number of nitrogen functional groups attached to an aromatic ring is 1. The summed E-state index contributed by atoms with van der Waals surface area (Å²) in [6.45, 7) is 8.37. The van der Waals surface area contributed by atoms with Crippen molar-refractivity contribution in [3.8, 4) is 11.4 Å². The summed E-state index contributed by atoms with van der Waals surface area (Å²) in [4.78, 5) is 30.8. The molecule has 0 saturated heterocycles. The standard InChI is InChI=1S/C25H27N3O4/c1-5-25(31)18-16(12-32-23(25)30)22(29)28-11-15-14(10-24(2,3)4)13-8-6-7-9-17(13)27-20(15)21(28)19(18)26/h6-9,31H,5,10-12,26H2,1-4H3. The van der Waals surface area contributed by atoms with E-state index in [2.05, 4.69) is 26.8 Å². The highest BCUT2D eigenvalue weighted by atomic mass is 16.6. The highest BCUT2D eigenvalue weighted by molar-refractivity contribution is 5.93. The van der Waals surface area contributed by atoms with E-state index in [1.54, 1.807) is 11.5 Å². The Labute approximate surface area is 185 Å². The molecule has 7 heteroatoms. The number of para-hydroxylation sites is 1. The highest BCUT2D eigenvalue weighted by Crippen LogP contribution is 2.45. The number of esters is 1. The van der Waals surface area contributed by atoms with Crippen LogP contribution < -0.4 is 11.3 Å². The van der Waals surface area contributed by atoms with Gasteiger partial charge in [-0.2, -0.15) is 0 Å². The minimum atomic E-state index is -1.94. The molecule has 1 unspecified atom stereocenters. The molecule has 7 nitrogen and oxygen atoms in total. The van der Waals surface area contributed by atoms with Gasteiger partial charge in [-0.3, -0.25) is 4.79 Å². The van der Waals surface area contributed by atoms with E-state index in [-0.39, 0.29) is 40.8 Å². The summed E-state index contributed by atoms with van der Waals surface area (Å²) in [5.41, 5.74) is 9.10. The molecule has 166 valence electrons. The van der Waals surface area contributed by atoms with Gasteiger partial charge in [0.1, 0.15) is 6.61 Å². The van der Waals surface area contributed by atoms with Crippen molar-refractivity contribution in [1.82, 2.24) is 9.55 Å². The van der Waals surface area contributed by atoms with E-state index in [0.29, 0.717) is 17.9 Å². The lowest BCUT2D eigenvalue weighted by atomic mass is 9.83. The molecule has 0 aliphatic carbocycles. The number of rotatable bonds is 2. The number of fused-ring (bicyclic) bond motifs is 5. The van der Waals surface area contributed by atoms with E-state index < -0.39 is 11.6 Å². The second kappa shape index (κ2) is 6.65. The number of hydrogen-bond donors (Lipinski definition) is 2. The van der Waals surface area contributed by atoms with Crippen LogP contribution in [-0.4, -0.2) is 20.6 Å². The van der Waals surface area contributed by atoms with Crippen LogP contribution in [0.2, 0.25) is 0 Å². The molecule has 1 aromatic carbocycles. The van der Waals surface area contributed by atoms with Gasteiger partial charge >= 0.3 is 5.97 Å². The van der Waals surface area contributed by atoms with Gasteiger partial charge in [-0.1, -0.05) is 45.9 Å². The fraction of sp³-hybridized carbons (Fsp3) is 0.400. The first-order valence-corrected chi connectivity index (χ1v) is 10.9. The van der Waals surface area contributed by atoms with Crippen molar-refractivity contribution in [3.63, 3.8) is 0 Å². The van der Waals surface area contributed by atoms with Gasteiger partial charge in [0.05, 0.1) is 34.7 Å². The van der Waals surface area contributed by atoms with Gasteiger partial charge in [0.25, 0.3) is 5.56 Å². The molecule has 32 heavy (non-hydrogen) atoms. The molecule has 0 saturated carbocycles. The summed E-state index contributed by atoms with van der Waals surface area (Å²) in [5, 5.41) is 12.2. The molecular weight excluding hydrogens is 406 g/mol. The summed E-state index contributed by atoms with van der Waals surface area (Å²) in [7, 11) is 0. The molecular formula is C25H27N3O4. The third-order valence-electron chi connectivity index (χ3n) is 6.57. The number of pyridine rings is 2. The van der Waals surface area contributed by atoms with Gasteiger partial charge in [-0.05, 0) is 29.9 Å². The van der Waals surface area contributed by atoms with Crippen LogP contribution in [0.15, 0.2) is 29.1 Å². The number of benzene rings is 1. The number of carbonyl (C=O) groups is 1. The van der Waals surface area contributed by atoms with Gasteiger partial charge in [0, 0.05) is 16.5 Å². The smallest absolute Gasteiger partial charge is 0.343 e. The lowest BCUT2D eigenvalue weighted by molar-refractivity contribution is -0.172. The molecule has 2 aliphatic heterocycles. The molecule has 3 N–H and O–H groups in total. The number of ether oxygens (including phenoxy) is 1. The van der Waals surface area contributed by atoms with Crippen molar-refractivity contribution in [1.29, 1.82) is 0 Å². The zero-order chi connectivity index (χ0) is 23.0. The van der Waals surface area contributed by atoms with E-state index in [1.165, 1.54) is 0 Å². The first-order valence-electron chi connectivity index (χ1n) is 10.9. The normalized spacial score (nSPS) is 19.5. The molecule has 3 aromatic rings. The maximum absolute atomic E-state index is 13.5. The SMILES string of the molecule is CCC1(O)C(=O)OCc2c1c(N)c1n(c2=O)Cc2c-1nc1ccccc1c2CC(C)(C)C. The van der Waals surface area contributed by atoms with Gasteiger partial charge in [-0.25, -0.2) is 9.78 Å². The van der Waals surface area contributed by atoms with Crippen molar-refractivity contribution in [2.45, 2.75) is 59.3 Å². The molecule has 0 spiro atoms. The summed E-state index contributed by atoms with van der Waals surface area (Å²) in [5.74, 6) is -0.776. The van der Waals surface area contributed by atoms with E-state index >= 15 is 0 Å². The van der Waals surface area contributed by atoms with Gasteiger partial charge in [-0.15, -0.1) is 0 Å². The number of anilines is 1. The number of hydrogen-bond acceptors (Lipinski definition) is 6. The average Bonchev–Trinajstić information content (AvgIpc) is 3.13. The van der Waals surface area contributed by atoms with Crippen molar-refractivity contribution in [3.05, 3.63) is 56.9 Å². The van der Waals surface area contributed by atoms with Gasteiger partial charge in [0.15, 0.2) is 5.60 Å². The number of nitrogens with two attached hydrogens (primary N) is 1. The van der Waals surface area contributed by atoms with Crippen molar-refractivity contribution in [2.24, 2.45) is 5.41 Å². The Hall–Kier alpha value is -3.19. The Balaban J connectivity index is 1.87. The third kappa shape index (κ3) is 2.73. The monoisotopic (exact) mass is 433 g/mol. The highest BCUT2D eigenvalue weighted by Gasteiger charge is 2.47. The van der Waals surface area contributed by atoms with Crippen LogP contribution >= 0.6 is 0 Å². The molecule has 0 amide bonds. The summed E-state index contributed by atoms with van der Waals surface area (Å²) >= 11 is 0. The maximum atomic E-state index is 13.5. The Bertz CT molecular complexity index is 1370. The molecule has 1 atom stereocenters. The molecule has 0 bridgehead atoms. The molecule has 4 heterocycles. The first kappa shape index (κ1) is 20.7. The molecule has 0 fully saturated rings. The van der Waals surface area contributed by atoms with Crippen LogP contribution in [0.25, 0.3) is 22.3 Å². The van der Waals surface area contributed by atoms with Crippen LogP contribution in [0.1, 0.15) is 56.4 Å². The number of nitrogens with zero attached hydrogens (tertiary/aromatic N) is 2. The zero-order valence-electron chi connectivity index (χ0n) is 18.8. The summed E-state index contributed by atoms with van der Waals surface area (Å²) < 4.78 is 6.78. The Morgan fingerprint density at radius 1 is 1.22 bits per heavy atom. The van der Waals surface area contributed by atoms with E-state index in [4.69, 9.17) is 15.5 Å². The Kier molecular flexibility index (Phi) is 4.30. The van der Waals surface area contributed by atoms with Crippen LogP contribution in [0.4, 0.5) is 5.69 Å². The number of aromatic nitrogens is 2. The number of cyclic esters (lactones) is 1.